The van der Waals surface area contributed by atoms with Gasteiger partial charge in [0.25, 0.3) is 0 Å². The molecule has 0 saturated carbocycles. The highest BCUT2D eigenvalue weighted by Crippen LogP contribution is 2.29. The van der Waals surface area contributed by atoms with Crippen molar-refractivity contribution in [2.45, 2.75) is 25.7 Å². The van der Waals surface area contributed by atoms with Gasteiger partial charge < -0.3 is 10.0 Å². The van der Waals surface area contributed by atoms with Gasteiger partial charge in [-0.2, -0.15) is 18.3 Å². The van der Waals surface area contributed by atoms with E-state index in [4.69, 9.17) is 5.11 Å². The summed E-state index contributed by atoms with van der Waals surface area (Å²) in [6.45, 7) is 3.98. The number of aromatic nitrogens is 2. The van der Waals surface area contributed by atoms with Crippen LogP contribution in [0.15, 0.2) is 36.5 Å². The number of aromatic carboxylic acids is 1. The molecular formula is C19H21F3N4O3. The van der Waals surface area contributed by atoms with Gasteiger partial charge in [0.15, 0.2) is 5.69 Å². The molecule has 29 heavy (non-hydrogen) atoms. The summed E-state index contributed by atoms with van der Waals surface area (Å²) in [4.78, 5) is 27.3. The number of benzene rings is 1. The molecule has 1 fully saturated rings. The zero-order valence-electron chi connectivity index (χ0n) is 15.8. The Balaban J connectivity index is 1.56. The summed E-state index contributed by atoms with van der Waals surface area (Å²) >= 11 is 0. The van der Waals surface area contributed by atoms with Gasteiger partial charge in [0.2, 0.25) is 5.91 Å². The number of amides is 1. The van der Waals surface area contributed by atoms with Crippen LogP contribution in [0.25, 0.3) is 0 Å². The van der Waals surface area contributed by atoms with E-state index in [0.29, 0.717) is 38.3 Å². The summed E-state index contributed by atoms with van der Waals surface area (Å²) < 4.78 is 39.9. The molecule has 1 amide bonds. The lowest BCUT2D eigenvalue weighted by molar-refractivity contribution is -0.138. The number of nitrogens with zero attached hydrogens (tertiary/aromatic N) is 4. The van der Waals surface area contributed by atoms with E-state index in [-0.39, 0.29) is 11.6 Å². The van der Waals surface area contributed by atoms with E-state index in [0.717, 1.165) is 12.1 Å². The number of halogens is 3. The molecule has 0 spiro atoms. The minimum Gasteiger partial charge on any atom is -0.476 e. The van der Waals surface area contributed by atoms with Crippen LogP contribution in [0.1, 0.15) is 34.6 Å². The Bertz CT molecular complexity index is 889. The molecule has 1 saturated heterocycles. The second-order valence-corrected chi connectivity index (χ2v) is 6.96. The number of hydrogen-bond donors (Lipinski definition) is 1. The number of piperazine rings is 1. The number of hydrogen-bond acceptors (Lipinski definition) is 4. The van der Waals surface area contributed by atoms with Crippen LogP contribution in [-0.2, 0) is 17.5 Å². The van der Waals surface area contributed by atoms with E-state index < -0.39 is 23.8 Å². The van der Waals surface area contributed by atoms with Crippen LogP contribution in [0.2, 0.25) is 0 Å². The molecule has 1 unspecified atom stereocenters. The number of carbonyl (C=O) groups excluding carboxylic acids is 1. The number of carbonyl (C=O) groups is 2. The van der Waals surface area contributed by atoms with Crippen molar-refractivity contribution in [2.75, 3.05) is 26.2 Å². The first-order chi connectivity index (χ1) is 13.6. The van der Waals surface area contributed by atoms with Crippen LogP contribution in [0.5, 0.6) is 0 Å². The second-order valence-electron chi connectivity index (χ2n) is 6.96. The fraction of sp³-hybridized carbons (Fsp3) is 0.421. The number of rotatable bonds is 5. The third-order valence-corrected chi connectivity index (χ3v) is 4.93. The van der Waals surface area contributed by atoms with Crippen molar-refractivity contribution in [3.8, 4) is 0 Å². The van der Waals surface area contributed by atoms with Gasteiger partial charge in [-0.15, -0.1) is 0 Å². The SMILES string of the molecule is CC(C(=O)N1CCN(Cc2cccc(C(F)(F)F)c2)CC1)n1ccc(C(=O)O)n1. The van der Waals surface area contributed by atoms with Crippen molar-refractivity contribution in [1.29, 1.82) is 0 Å². The molecule has 2 aromatic rings. The zero-order chi connectivity index (χ0) is 21.2. The molecule has 1 aromatic heterocycles. The van der Waals surface area contributed by atoms with E-state index in [2.05, 4.69) is 5.10 Å². The molecule has 0 aliphatic carbocycles. The van der Waals surface area contributed by atoms with Crippen molar-refractivity contribution in [2.24, 2.45) is 0 Å². The summed E-state index contributed by atoms with van der Waals surface area (Å²) in [5.41, 5.74) is -0.223. The molecular weight excluding hydrogens is 389 g/mol. The topological polar surface area (TPSA) is 78.7 Å². The fourth-order valence-corrected chi connectivity index (χ4v) is 3.28. The van der Waals surface area contributed by atoms with Crippen LogP contribution in [0.3, 0.4) is 0 Å². The van der Waals surface area contributed by atoms with Crippen LogP contribution >= 0.6 is 0 Å². The van der Waals surface area contributed by atoms with E-state index >= 15 is 0 Å². The maximum Gasteiger partial charge on any atom is 0.416 e. The summed E-state index contributed by atoms with van der Waals surface area (Å²) in [5.74, 6) is -1.34. The first-order valence-electron chi connectivity index (χ1n) is 9.11. The number of alkyl halides is 3. The zero-order valence-corrected chi connectivity index (χ0v) is 15.8. The van der Waals surface area contributed by atoms with E-state index in [9.17, 15) is 22.8 Å². The summed E-state index contributed by atoms with van der Waals surface area (Å²) in [7, 11) is 0. The molecule has 0 bridgehead atoms. The van der Waals surface area contributed by atoms with Gasteiger partial charge >= 0.3 is 12.1 Å². The Morgan fingerprint density at radius 2 is 1.86 bits per heavy atom. The highest BCUT2D eigenvalue weighted by Gasteiger charge is 2.31. The largest absolute Gasteiger partial charge is 0.476 e. The highest BCUT2D eigenvalue weighted by atomic mass is 19.4. The van der Waals surface area contributed by atoms with Gasteiger partial charge in [0.1, 0.15) is 6.04 Å². The fourth-order valence-electron chi connectivity index (χ4n) is 3.28. The molecule has 156 valence electrons. The van der Waals surface area contributed by atoms with E-state index in [1.54, 1.807) is 17.9 Å². The maximum absolute atomic E-state index is 12.9. The summed E-state index contributed by atoms with van der Waals surface area (Å²) in [6.07, 6.45) is -2.92. The lowest BCUT2D eigenvalue weighted by atomic mass is 10.1. The molecule has 2 heterocycles. The molecule has 1 atom stereocenters. The Labute approximate surface area is 165 Å². The molecule has 1 aliphatic rings. The van der Waals surface area contributed by atoms with Crippen molar-refractivity contribution in [3.63, 3.8) is 0 Å². The minimum absolute atomic E-state index is 0.129. The third kappa shape index (κ3) is 4.94. The number of carboxylic acids is 1. The van der Waals surface area contributed by atoms with Gasteiger partial charge in [-0.05, 0) is 24.6 Å². The predicted molar refractivity (Wildman–Crippen MR) is 97.2 cm³/mol. The standard InChI is InChI=1S/C19H21F3N4O3/c1-13(26-6-5-16(23-26)18(28)29)17(27)25-9-7-24(8-10-25)12-14-3-2-4-15(11-14)19(20,21)22/h2-6,11,13H,7-10,12H2,1H3,(H,28,29). The molecule has 7 nitrogen and oxygen atoms in total. The predicted octanol–water partition coefficient (Wildman–Crippen LogP) is 2.51. The lowest BCUT2D eigenvalue weighted by Gasteiger charge is -2.36. The van der Waals surface area contributed by atoms with E-state index in [1.165, 1.54) is 23.0 Å². The average Bonchev–Trinajstić information content (AvgIpc) is 3.17. The molecule has 0 radical (unpaired) electrons. The molecule has 3 rings (SSSR count). The van der Waals surface area contributed by atoms with Crippen molar-refractivity contribution < 1.29 is 27.9 Å². The van der Waals surface area contributed by atoms with Crippen LogP contribution < -0.4 is 0 Å². The van der Waals surface area contributed by atoms with Crippen LogP contribution in [0, 0.1) is 0 Å². The van der Waals surface area contributed by atoms with E-state index in [1.807, 2.05) is 4.90 Å². The van der Waals surface area contributed by atoms with Gasteiger partial charge in [-0.1, -0.05) is 18.2 Å². The molecule has 10 heteroatoms. The Hall–Kier alpha value is -2.88. The molecule has 1 N–H and O–H groups in total. The smallest absolute Gasteiger partial charge is 0.416 e. The van der Waals surface area contributed by atoms with Crippen molar-refractivity contribution >= 4 is 11.9 Å². The van der Waals surface area contributed by atoms with Gasteiger partial charge in [0.05, 0.1) is 5.56 Å². The van der Waals surface area contributed by atoms with Gasteiger partial charge in [-0.3, -0.25) is 14.4 Å². The Morgan fingerprint density at radius 3 is 2.45 bits per heavy atom. The minimum atomic E-state index is -4.37. The normalized spacial score (nSPS) is 16.6. The van der Waals surface area contributed by atoms with Crippen molar-refractivity contribution in [3.05, 3.63) is 53.3 Å². The average molecular weight is 410 g/mol. The highest BCUT2D eigenvalue weighted by molar-refractivity contribution is 5.85. The molecule has 1 aromatic carbocycles. The van der Waals surface area contributed by atoms with Crippen LogP contribution in [-0.4, -0.2) is 62.7 Å². The first kappa shape index (κ1) is 20.8. The summed E-state index contributed by atoms with van der Waals surface area (Å²) in [5, 5.41) is 12.8. The monoisotopic (exact) mass is 410 g/mol. The van der Waals surface area contributed by atoms with Gasteiger partial charge in [-0.25, -0.2) is 4.79 Å². The molecule has 1 aliphatic heterocycles. The summed E-state index contributed by atoms with van der Waals surface area (Å²) in [6, 6.07) is 5.95. The second kappa shape index (κ2) is 8.24. The first-order valence-corrected chi connectivity index (χ1v) is 9.11. The number of carboxylic acid groups (broad SMARTS) is 1. The van der Waals surface area contributed by atoms with Crippen molar-refractivity contribution in [1.82, 2.24) is 19.6 Å². The van der Waals surface area contributed by atoms with Gasteiger partial charge in [0, 0.05) is 38.9 Å². The Morgan fingerprint density at radius 1 is 1.17 bits per heavy atom. The quantitative estimate of drug-likeness (QED) is 0.820. The van der Waals surface area contributed by atoms with Crippen LogP contribution in [0.4, 0.5) is 13.2 Å². The Kier molecular flexibility index (Phi) is 5.92. The third-order valence-electron chi connectivity index (χ3n) is 4.93. The maximum atomic E-state index is 12.9. The lowest BCUT2D eigenvalue weighted by Crippen LogP contribution is -2.50.